The molecule has 0 saturated heterocycles. The number of ether oxygens (including phenoxy) is 2. The van der Waals surface area contributed by atoms with Crippen molar-refractivity contribution in [1.82, 2.24) is 0 Å². The average molecular weight is 337 g/mol. The highest BCUT2D eigenvalue weighted by Gasteiger charge is 2.09. The van der Waals surface area contributed by atoms with Gasteiger partial charge in [0.05, 0.1) is 6.61 Å². The molecule has 0 amide bonds. The molecule has 5 heteroatoms. The van der Waals surface area contributed by atoms with E-state index < -0.39 is 5.97 Å². The lowest BCUT2D eigenvalue weighted by Crippen LogP contribution is -2.01. The summed E-state index contributed by atoms with van der Waals surface area (Å²) in [6.45, 7) is 4.72. The zero-order valence-corrected chi connectivity index (χ0v) is 14.2. The Bertz CT molecular complexity index is 817. The number of carboxylic acid groups (broad SMARTS) is 1. The maximum absolute atomic E-state index is 10.9. The Labute approximate surface area is 146 Å². The molecule has 0 atom stereocenters. The van der Waals surface area contributed by atoms with Crippen LogP contribution in [0.1, 0.15) is 23.6 Å². The second kappa shape index (κ2) is 8.55. The first-order valence-electron chi connectivity index (χ1n) is 7.83. The number of aliphatic carboxylic acids is 1. The average Bonchev–Trinajstić information content (AvgIpc) is 2.60. The summed E-state index contributed by atoms with van der Waals surface area (Å²) >= 11 is 0. The van der Waals surface area contributed by atoms with Crippen LogP contribution in [0.5, 0.6) is 11.5 Å². The van der Waals surface area contributed by atoms with Crippen molar-refractivity contribution in [1.29, 1.82) is 5.26 Å². The van der Waals surface area contributed by atoms with E-state index in [0.717, 1.165) is 5.56 Å². The first kappa shape index (κ1) is 18.1. The highest BCUT2D eigenvalue weighted by Crippen LogP contribution is 2.30. The van der Waals surface area contributed by atoms with E-state index in [0.29, 0.717) is 30.3 Å². The molecule has 2 aromatic rings. The van der Waals surface area contributed by atoms with Gasteiger partial charge in [0, 0.05) is 0 Å². The largest absolute Gasteiger partial charge is 0.490 e. The van der Waals surface area contributed by atoms with E-state index in [1.54, 1.807) is 24.3 Å². The number of carbonyl (C=O) groups is 1. The lowest BCUT2D eigenvalue weighted by Gasteiger charge is -2.13. The van der Waals surface area contributed by atoms with Gasteiger partial charge in [-0.15, -0.1) is 0 Å². The number of hydrogen-bond acceptors (Lipinski definition) is 4. The minimum atomic E-state index is -1.26. The van der Waals surface area contributed by atoms with Crippen molar-refractivity contribution >= 4 is 12.0 Å². The van der Waals surface area contributed by atoms with E-state index in [-0.39, 0.29) is 5.57 Å². The molecule has 25 heavy (non-hydrogen) atoms. The molecule has 0 radical (unpaired) electrons. The predicted molar refractivity (Wildman–Crippen MR) is 94.3 cm³/mol. The summed E-state index contributed by atoms with van der Waals surface area (Å²) < 4.78 is 11.4. The van der Waals surface area contributed by atoms with Crippen LogP contribution in [-0.4, -0.2) is 17.7 Å². The number of nitriles is 1. The lowest BCUT2D eigenvalue weighted by atomic mass is 10.1. The quantitative estimate of drug-likeness (QED) is 0.611. The number of carboxylic acids is 1. The first-order valence-corrected chi connectivity index (χ1v) is 7.83. The summed E-state index contributed by atoms with van der Waals surface area (Å²) in [5, 5.41) is 17.8. The van der Waals surface area contributed by atoms with Crippen LogP contribution in [0.4, 0.5) is 0 Å². The summed E-state index contributed by atoms with van der Waals surface area (Å²) in [7, 11) is 0. The highest BCUT2D eigenvalue weighted by atomic mass is 16.5. The SMILES string of the molecule is CCOc1cc(C=C(C#N)C(=O)O)ccc1OCc1ccc(C)cc1. The molecule has 128 valence electrons. The van der Waals surface area contributed by atoms with Gasteiger partial charge in [-0.2, -0.15) is 5.26 Å². The van der Waals surface area contributed by atoms with Crippen LogP contribution in [0.2, 0.25) is 0 Å². The van der Waals surface area contributed by atoms with Crippen molar-refractivity contribution in [3.8, 4) is 17.6 Å². The molecule has 2 aromatic carbocycles. The summed E-state index contributed by atoms with van der Waals surface area (Å²) in [4.78, 5) is 10.9. The molecule has 0 aliphatic heterocycles. The van der Waals surface area contributed by atoms with Gasteiger partial charge in [-0.25, -0.2) is 4.79 Å². The second-order valence-electron chi connectivity index (χ2n) is 5.39. The molecule has 0 bridgehead atoms. The maximum atomic E-state index is 10.9. The fourth-order valence-electron chi connectivity index (χ4n) is 2.16. The Kier molecular flexibility index (Phi) is 6.19. The molecule has 0 unspecified atom stereocenters. The third kappa shape index (κ3) is 5.11. The number of hydrogen-bond donors (Lipinski definition) is 1. The van der Waals surface area contributed by atoms with E-state index in [9.17, 15) is 4.79 Å². The summed E-state index contributed by atoms with van der Waals surface area (Å²) in [6, 6.07) is 14.8. The zero-order chi connectivity index (χ0) is 18.2. The Morgan fingerprint density at radius 1 is 1.16 bits per heavy atom. The van der Waals surface area contributed by atoms with Crippen molar-refractivity contribution in [2.24, 2.45) is 0 Å². The number of rotatable bonds is 7. The van der Waals surface area contributed by atoms with Gasteiger partial charge in [0.15, 0.2) is 11.5 Å². The molecule has 2 rings (SSSR count). The molecule has 5 nitrogen and oxygen atoms in total. The molecular formula is C20H19NO4. The van der Waals surface area contributed by atoms with Gasteiger partial charge in [-0.1, -0.05) is 35.9 Å². The number of benzene rings is 2. The standard InChI is InChI=1S/C20H19NO4/c1-3-24-19-11-16(10-17(12-21)20(22)23)8-9-18(19)25-13-15-6-4-14(2)5-7-15/h4-11H,3,13H2,1-2H3,(H,22,23). The normalized spacial score (nSPS) is 10.8. The van der Waals surface area contributed by atoms with Crippen LogP contribution >= 0.6 is 0 Å². The number of aryl methyl sites for hydroxylation is 1. The zero-order valence-electron chi connectivity index (χ0n) is 14.2. The minimum Gasteiger partial charge on any atom is -0.490 e. The van der Waals surface area contributed by atoms with Crippen LogP contribution in [0, 0.1) is 18.3 Å². The van der Waals surface area contributed by atoms with Gasteiger partial charge < -0.3 is 14.6 Å². The van der Waals surface area contributed by atoms with Crippen LogP contribution in [0.25, 0.3) is 6.08 Å². The molecule has 0 heterocycles. The molecular weight excluding hydrogens is 318 g/mol. The van der Waals surface area contributed by atoms with Gasteiger partial charge >= 0.3 is 5.97 Å². The third-order valence-corrected chi connectivity index (χ3v) is 3.44. The smallest absolute Gasteiger partial charge is 0.346 e. The summed E-state index contributed by atoms with van der Waals surface area (Å²) in [5.41, 5.74) is 2.44. The Morgan fingerprint density at radius 2 is 1.88 bits per heavy atom. The molecule has 1 N–H and O–H groups in total. The van der Waals surface area contributed by atoms with Crippen LogP contribution < -0.4 is 9.47 Å². The van der Waals surface area contributed by atoms with E-state index in [2.05, 4.69) is 0 Å². The predicted octanol–water partition coefficient (Wildman–Crippen LogP) is 3.96. The topological polar surface area (TPSA) is 79.5 Å². The lowest BCUT2D eigenvalue weighted by molar-refractivity contribution is -0.132. The minimum absolute atomic E-state index is 0.337. The first-order chi connectivity index (χ1) is 12.0. The summed E-state index contributed by atoms with van der Waals surface area (Å²) in [6.07, 6.45) is 1.30. The monoisotopic (exact) mass is 337 g/mol. The van der Waals surface area contributed by atoms with E-state index >= 15 is 0 Å². The molecule has 0 aliphatic rings. The van der Waals surface area contributed by atoms with Gasteiger partial charge in [0.2, 0.25) is 0 Å². The second-order valence-corrected chi connectivity index (χ2v) is 5.39. The van der Waals surface area contributed by atoms with Crippen molar-refractivity contribution in [3.05, 3.63) is 64.7 Å². The van der Waals surface area contributed by atoms with Gasteiger partial charge in [-0.05, 0) is 43.2 Å². The van der Waals surface area contributed by atoms with E-state index in [4.69, 9.17) is 19.8 Å². The van der Waals surface area contributed by atoms with Crippen LogP contribution in [0.15, 0.2) is 48.0 Å². The Balaban J connectivity index is 2.22. The Morgan fingerprint density at radius 3 is 2.48 bits per heavy atom. The molecule has 0 aromatic heterocycles. The maximum Gasteiger partial charge on any atom is 0.346 e. The van der Waals surface area contributed by atoms with Crippen molar-refractivity contribution in [3.63, 3.8) is 0 Å². The Hall–Kier alpha value is -3.26. The van der Waals surface area contributed by atoms with Gasteiger partial charge in [-0.3, -0.25) is 0 Å². The molecule has 0 fully saturated rings. The fourth-order valence-corrected chi connectivity index (χ4v) is 2.16. The third-order valence-electron chi connectivity index (χ3n) is 3.44. The van der Waals surface area contributed by atoms with Crippen LogP contribution in [0.3, 0.4) is 0 Å². The number of nitrogens with zero attached hydrogens (tertiary/aromatic N) is 1. The highest BCUT2D eigenvalue weighted by molar-refractivity contribution is 5.96. The fraction of sp³-hybridized carbons (Fsp3) is 0.200. The van der Waals surface area contributed by atoms with Crippen molar-refractivity contribution in [2.75, 3.05) is 6.61 Å². The molecule has 0 aliphatic carbocycles. The summed E-state index contributed by atoms with van der Waals surface area (Å²) in [5.74, 6) is -0.195. The van der Waals surface area contributed by atoms with E-state index in [1.807, 2.05) is 38.1 Å². The molecule has 0 saturated carbocycles. The van der Waals surface area contributed by atoms with Crippen LogP contribution in [-0.2, 0) is 11.4 Å². The van der Waals surface area contributed by atoms with Crippen molar-refractivity contribution < 1.29 is 19.4 Å². The van der Waals surface area contributed by atoms with Crippen molar-refractivity contribution in [2.45, 2.75) is 20.5 Å². The molecule has 0 spiro atoms. The van der Waals surface area contributed by atoms with Gasteiger partial charge in [0.1, 0.15) is 18.2 Å². The van der Waals surface area contributed by atoms with Gasteiger partial charge in [0.25, 0.3) is 0 Å². The van der Waals surface area contributed by atoms with E-state index in [1.165, 1.54) is 11.6 Å².